The standard InChI is InChI=1S/C14H18N2O2/c1-14(10-17,12-5-6-12)16-13(18)7-4-11-3-2-8-15-9-11/h2-4,7-9,12,17H,5-6,10H2,1H3,(H,16,18)/b7-4+. The maximum atomic E-state index is 11.8. The van der Waals surface area contributed by atoms with Crippen molar-refractivity contribution in [3.8, 4) is 0 Å². The smallest absolute Gasteiger partial charge is 0.244 e. The van der Waals surface area contributed by atoms with Crippen LogP contribution in [0.3, 0.4) is 0 Å². The molecular formula is C14H18N2O2. The normalized spacial score (nSPS) is 18.6. The largest absolute Gasteiger partial charge is 0.394 e. The maximum Gasteiger partial charge on any atom is 0.244 e. The van der Waals surface area contributed by atoms with Crippen molar-refractivity contribution >= 4 is 12.0 Å². The number of hydrogen-bond acceptors (Lipinski definition) is 3. The van der Waals surface area contributed by atoms with Crippen molar-refractivity contribution in [3.63, 3.8) is 0 Å². The zero-order valence-electron chi connectivity index (χ0n) is 10.5. The minimum atomic E-state index is -0.490. The summed E-state index contributed by atoms with van der Waals surface area (Å²) >= 11 is 0. The molecule has 0 aliphatic heterocycles. The summed E-state index contributed by atoms with van der Waals surface area (Å²) in [4.78, 5) is 15.8. The van der Waals surface area contributed by atoms with Crippen LogP contribution in [-0.4, -0.2) is 28.1 Å². The van der Waals surface area contributed by atoms with Crippen LogP contribution in [0.2, 0.25) is 0 Å². The molecule has 1 aliphatic carbocycles. The minimum Gasteiger partial charge on any atom is -0.394 e. The van der Waals surface area contributed by atoms with Crippen molar-refractivity contribution in [2.24, 2.45) is 5.92 Å². The Morgan fingerprint density at radius 3 is 3.00 bits per heavy atom. The minimum absolute atomic E-state index is 0.0237. The van der Waals surface area contributed by atoms with Gasteiger partial charge >= 0.3 is 0 Å². The summed E-state index contributed by atoms with van der Waals surface area (Å²) in [5.41, 5.74) is 0.390. The van der Waals surface area contributed by atoms with Crippen LogP contribution in [0.25, 0.3) is 6.08 Å². The number of carbonyl (C=O) groups is 1. The predicted molar refractivity (Wildman–Crippen MR) is 69.6 cm³/mol. The first kappa shape index (κ1) is 12.8. The van der Waals surface area contributed by atoms with E-state index in [9.17, 15) is 9.90 Å². The van der Waals surface area contributed by atoms with Crippen molar-refractivity contribution in [1.29, 1.82) is 0 Å². The van der Waals surface area contributed by atoms with Gasteiger partial charge in [-0.05, 0) is 43.4 Å². The zero-order chi connectivity index (χ0) is 13.0. The molecule has 1 heterocycles. The second kappa shape index (κ2) is 5.31. The molecule has 96 valence electrons. The van der Waals surface area contributed by atoms with Crippen LogP contribution in [0.1, 0.15) is 25.3 Å². The van der Waals surface area contributed by atoms with E-state index in [-0.39, 0.29) is 12.5 Å². The van der Waals surface area contributed by atoms with Crippen LogP contribution >= 0.6 is 0 Å². The third-order valence-electron chi connectivity index (χ3n) is 3.33. The Kier molecular flexibility index (Phi) is 3.77. The van der Waals surface area contributed by atoms with Crippen LogP contribution in [0.5, 0.6) is 0 Å². The highest BCUT2D eigenvalue weighted by molar-refractivity contribution is 5.92. The second-order valence-electron chi connectivity index (χ2n) is 4.96. The lowest BCUT2D eigenvalue weighted by atomic mass is 9.97. The van der Waals surface area contributed by atoms with E-state index in [0.717, 1.165) is 18.4 Å². The van der Waals surface area contributed by atoms with Gasteiger partial charge in [0.15, 0.2) is 0 Å². The van der Waals surface area contributed by atoms with E-state index in [1.807, 2.05) is 19.1 Å². The molecule has 1 aliphatic rings. The van der Waals surface area contributed by atoms with Crippen molar-refractivity contribution in [3.05, 3.63) is 36.2 Å². The number of aliphatic hydroxyl groups is 1. The molecule has 1 unspecified atom stereocenters. The summed E-state index contributed by atoms with van der Waals surface area (Å²) in [5.74, 6) is 0.223. The fourth-order valence-corrected chi connectivity index (χ4v) is 1.96. The molecule has 2 N–H and O–H groups in total. The fourth-order valence-electron chi connectivity index (χ4n) is 1.96. The molecule has 1 fully saturated rings. The van der Waals surface area contributed by atoms with Gasteiger partial charge in [-0.15, -0.1) is 0 Å². The monoisotopic (exact) mass is 246 g/mol. The lowest BCUT2D eigenvalue weighted by molar-refractivity contribution is -0.119. The topological polar surface area (TPSA) is 62.2 Å². The highest BCUT2D eigenvalue weighted by atomic mass is 16.3. The zero-order valence-corrected chi connectivity index (χ0v) is 10.5. The van der Waals surface area contributed by atoms with Crippen molar-refractivity contribution in [2.75, 3.05) is 6.61 Å². The first-order valence-electron chi connectivity index (χ1n) is 6.15. The molecule has 1 saturated carbocycles. The first-order chi connectivity index (χ1) is 8.64. The van der Waals surface area contributed by atoms with Gasteiger partial charge in [-0.25, -0.2) is 0 Å². The van der Waals surface area contributed by atoms with E-state index in [4.69, 9.17) is 0 Å². The number of hydrogen-bond donors (Lipinski definition) is 2. The summed E-state index contributed by atoms with van der Waals surface area (Å²) < 4.78 is 0. The van der Waals surface area contributed by atoms with E-state index in [1.165, 1.54) is 6.08 Å². The summed E-state index contributed by atoms with van der Waals surface area (Å²) in [7, 11) is 0. The second-order valence-corrected chi connectivity index (χ2v) is 4.96. The molecule has 0 aromatic carbocycles. The Balaban J connectivity index is 1.94. The fraction of sp³-hybridized carbons (Fsp3) is 0.429. The van der Waals surface area contributed by atoms with E-state index in [0.29, 0.717) is 5.92 Å². The Morgan fingerprint density at radius 2 is 2.44 bits per heavy atom. The molecule has 1 amide bonds. The Morgan fingerprint density at radius 1 is 1.67 bits per heavy atom. The SMILES string of the molecule is CC(CO)(NC(=O)/C=C/c1cccnc1)C1CC1. The summed E-state index contributed by atoms with van der Waals surface area (Å²) in [5, 5.41) is 12.3. The van der Waals surface area contributed by atoms with Gasteiger partial charge < -0.3 is 10.4 Å². The molecule has 0 bridgehead atoms. The van der Waals surface area contributed by atoms with Gasteiger partial charge in [0, 0.05) is 18.5 Å². The van der Waals surface area contributed by atoms with Crippen molar-refractivity contribution < 1.29 is 9.90 Å². The van der Waals surface area contributed by atoms with Gasteiger partial charge in [0.1, 0.15) is 0 Å². The van der Waals surface area contributed by atoms with Gasteiger partial charge in [0.05, 0.1) is 12.1 Å². The van der Waals surface area contributed by atoms with E-state index in [1.54, 1.807) is 18.5 Å². The number of aliphatic hydroxyl groups excluding tert-OH is 1. The number of nitrogens with zero attached hydrogens (tertiary/aromatic N) is 1. The molecule has 4 heteroatoms. The Hall–Kier alpha value is -1.68. The molecule has 4 nitrogen and oxygen atoms in total. The number of pyridine rings is 1. The average Bonchev–Trinajstić information content (AvgIpc) is 3.22. The van der Waals surface area contributed by atoms with Crippen LogP contribution in [0.15, 0.2) is 30.6 Å². The van der Waals surface area contributed by atoms with Gasteiger partial charge in [-0.3, -0.25) is 9.78 Å². The molecular weight excluding hydrogens is 228 g/mol. The number of aromatic nitrogens is 1. The molecule has 0 saturated heterocycles. The summed E-state index contributed by atoms with van der Waals surface area (Å²) in [6, 6.07) is 3.70. The molecule has 18 heavy (non-hydrogen) atoms. The highest BCUT2D eigenvalue weighted by Crippen LogP contribution is 2.39. The highest BCUT2D eigenvalue weighted by Gasteiger charge is 2.41. The van der Waals surface area contributed by atoms with Crippen LogP contribution in [0, 0.1) is 5.92 Å². The van der Waals surface area contributed by atoms with Crippen LogP contribution < -0.4 is 5.32 Å². The quantitative estimate of drug-likeness (QED) is 0.771. The van der Waals surface area contributed by atoms with Gasteiger partial charge in [-0.1, -0.05) is 6.07 Å². The molecule has 0 radical (unpaired) electrons. The number of amides is 1. The molecule has 1 aromatic heterocycles. The number of carbonyl (C=O) groups excluding carboxylic acids is 1. The average molecular weight is 246 g/mol. The summed E-state index contributed by atoms with van der Waals surface area (Å²) in [6.45, 7) is 1.87. The van der Waals surface area contributed by atoms with E-state index >= 15 is 0 Å². The van der Waals surface area contributed by atoms with Crippen LogP contribution in [0.4, 0.5) is 0 Å². The van der Waals surface area contributed by atoms with Gasteiger partial charge in [-0.2, -0.15) is 0 Å². The maximum absolute atomic E-state index is 11.8. The molecule has 0 spiro atoms. The lowest BCUT2D eigenvalue weighted by Crippen LogP contribution is -2.50. The van der Waals surface area contributed by atoms with Crippen molar-refractivity contribution in [1.82, 2.24) is 10.3 Å². The first-order valence-corrected chi connectivity index (χ1v) is 6.15. The van der Waals surface area contributed by atoms with Crippen molar-refractivity contribution in [2.45, 2.75) is 25.3 Å². The summed E-state index contributed by atoms with van der Waals surface area (Å²) in [6.07, 6.45) is 8.72. The Labute approximate surface area is 107 Å². The van der Waals surface area contributed by atoms with E-state index < -0.39 is 5.54 Å². The predicted octanol–water partition coefficient (Wildman–Crippen LogP) is 1.37. The number of rotatable bonds is 5. The van der Waals surface area contributed by atoms with Gasteiger partial charge in [0.2, 0.25) is 5.91 Å². The molecule has 1 atom stereocenters. The number of nitrogens with one attached hydrogen (secondary N) is 1. The Bertz CT molecular complexity index is 440. The molecule has 1 aromatic rings. The van der Waals surface area contributed by atoms with Gasteiger partial charge in [0.25, 0.3) is 0 Å². The lowest BCUT2D eigenvalue weighted by Gasteiger charge is -2.28. The van der Waals surface area contributed by atoms with E-state index in [2.05, 4.69) is 10.3 Å². The third kappa shape index (κ3) is 3.17. The third-order valence-corrected chi connectivity index (χ3v) is 3.33. The molecule has 2 rings (SSSR count). The van der Waals surface area contributed by atoms with Crippen LogP contribution in [-0.2, 0) is 4.79 Å².